The first-order valence-corrected chi connectivity index (χ1v) is 4.25. The van der Waals surface area contributed by atoms with Gasteiger partial charge in [0.05, 0.1) is 12.2 Å². The van der Waals surface area contributed by atoms with Crippen LogP contribution in [-0.2, 0) is 0 Å². The average molecular weight is 199 g/mol. The number of benzene rings is 1. The quantitative estimate of drug-likeness (QED) is 0.694. The monoisotopic (exact) mass is 198 g/mol. The van der Waals surface area contributed by atoms with Crippen LogP contribution in [-0.4, -0.2) is 17.5 Å². The molecule has 68 valence electrons. The maximum absolute atomic E-state index is 11.3. The number of halogens is 1. The predicted octanol–water partition coefficient (Wildman–Crippen LogP) is 2.01. The van der Waals surface area contributed by atoms with Gasteiger partial charge in [-0.2, -0.15) is 0 Å². The number of ether oxygens (including phenoxy) is 1. The smallest absolute Gasteiger partial charge is 0.170 e. The highest BCUT2D eigenvalue weighted by Crippen LogP contribution is 2.38. The molecular formula is C9H7ClO3. The van der Waals surface area contributed by atoms with E-state index in [0.29, 0.717) is 24.3 Å². The van der Waals surface area contributed by atoms with E-state index in [1.54, 1.807) is 0 Å². The number of hydrogen-bond donors (Lipinski definition) is 1. The molecule has 0 radical (unpaired) electrons. The molecule has 0 saturated carbocycles. The van der Waals surface area contributed by atoms with Crippen molar-refractivity contribution in [2.75, 3.05) is 6.61 Å². The van der Waals surface area contributed by atoms with Gasteiger partial charge in [-0.05, 0) is 12.1 Å². The molecule has 0 amide bonds. The van der Waals surface area contributed by atoms with Gasteiger partial charge in [-0.3, -0.25) is 4.79 Å². The van der Waals surface area contributed by atoms with Crippen LogP contribution >= 0.6 is 11.6 Å². The summed E-state index contributed by atoms with van der Waals surface area (Å²) in [5, 5.41) is 9.35. The molecule has 1 aliphatic rings. The number of ketones is 1. The van der Waals surface area contributed by atoms with Gasteiger partial charge in [-0.25, -0.2) is 0 Å². The minimum atomic E-state index is -0.0601. The molecule has 1 heterocycles. The van der Waals surface area contributed by atoms with Gasteiger partial charge in [0.15, 0.2) is 11.5 Å². The summed E-state index contributed by atoms with van der Waals surface area (Å²) in [7, 11) is 0. The lowest BCUT2D eigenvalue weighted by atomic mass is 10.1. The molecule has 0 aromatic heterocycles. The fourth-order valence-electron chi connectivity index (χ4n) is 1.29. The Morgan fingerprint density at radius 3 is 3.00 bits per heavy atom. The summed E-state index contributed by atoms with van der Waals surface area (Å²) in [4.78, 5) is 11.3. The van der Waals surface area contributed by atoms with Gasteiger partial charge in [0, 0.05) is 6.42 Å². The minimum absolute atomic E-state index is 0.00292. The van der Waals surface area contributed by atoms with E-state index in [0.717, 1.165) is 0 Å². The third-order valence-electron chi connectivity index (χ3n) is 1.95. The van der Waals surface area contributed by atoms with Crippen molar-refractivity contribution >= 4 is 17.4 Å². The molecule has 1 N–H and O–H groups in total. The third kappa shape index (κ3) is 1.25. The predicted molar refractivity (Wildman–Crippen MR) is 47.6 cm³/mol. The lowest BCUT2D eigenvalue weighted by molar-refractivity contribution is 0.0933. The average Bonchev–Trinajstić information content (AvgIpc) is 2.12. The largest absolute Gasteiger partial charge is 0.506 e. The Kier molecular flexibility index (Phi) is 1.88. The SMILES string of the molecule is O=C1CCOc2c1ccc(O)c2Cl. The third-order valence-corrected chi connectivity index (χ3v) is 2.32. The zero-order chi connectivity index (χ0) is 9.42. The van der Waals surface area contributed by atoms with Crippen LogP contribution in [0, 0.1) is 0 Å². The van der Waals surface area contributed by atoms with Crippen LogP contribution in [0.2, 0.25) is 5.02 Å². The Morgan fingerprint density at radius 1 is 1.46 bits per heavy atom. The van der Waals surface area contributed by atoms with E-state index in [9.17, 15) is 9.90 Å². The van der Waals surface area contributed by atoms with E-state index < -0.39 is 0 Å². The number of rotatable bonds is 0. The molecule has 1 aromatic rings. The molecule has 3 nitrogen and oxygen atoms in total. The first-order chi connectivity index (χ1) is 6.20. The van der Waals surface area contributed by atoms with Crippen molar-refractivity contribution in [1.29, 1.82) is 0 Å². The van der Waals surface area contributed by atoms with E-state index in [4.69, 9.17) is 16.3 Å². The molecule has 2 rings (SSSR count). The van der Waals surface area contributed by atoms with Gasteiger partial charge < -0.3 is 9.84 Å². The van der Waals surface area contributed by atoms with Gasteiger partial charge in [-0.1, -0.05) is 11.6 Å². The Morgan fingerprint density at radius 2 is 2.23 bits per heavy atom. The molecule has 0 bridgehead atoms. The van der Waals surface area contributed by atoms with E-state index in [1.807, 2.05) is 0 Å². The van der Waals surface area contributed by atoms with Crippen molar-refractivity contribution in [3.05, 3.63) is 22.7 Å². The molecule has 4 heteroatoms. The maximum Gasteiger partial charge on any atom is 0.170 e. The molecule has 0 fully saturated rings. The molecule has 0 atom stereocenters. The number of hydrogen-bond acceptors (Lipinski definition) is 3. The second kappa shape index (κ2) is 2.92. The summed E-state index contributed by atoms with van der Waals surface area (Å²) in [5.74, 6) is 0.246. The van der Waals surface area contributed by atoms with Crippen LogP contribution in [0.4, 0.5) is 0 Å². The first kappa shape index (κ1) is 8.38. The molecule has 1 aliphatic heterocycles. The maximum atomic E-state index is 11.3. The number of Topliss-reactive ketones (excluding diaryl/α,β-unsaturated/α-hetero) is 1. The van der Waals surface area contributed by atoms with Crippen molar-refractivity contribution in [3.63, 3.8) is 0 Å². The lowest BCUT2D eigenvalue weighted by Crippen LogP contribution is -2.15. The van der Waals surface area contributed by atoms with E-state index in [2.05, 4.69) is 0 Å². The van der Waals surface area contributed by atoms with Gasteiger partial charge in [0.1, 0.15) is 10.8 Å². The van der Waals surface area contributed by atoms with Crippen LogP contribution in [0.15, 0.2) is 12.1 Å². The summed E-state index contributed by atoms with van der Waals surface area (Å²) in [6.07, 6.45) is 0.369. The molecule has 13 heavy (non-hydrogen) atoms. The number of carbonyl (C=O) groups is 1. The summed E-state index contributed by atoms with van der Waals surface area (Å²) < 4.78 is 5.19. The van der Waals surface area contributed by atoms with E-state index >= 15 is 0 Å². The van der Waals surface area contributed by atoms with Gasteiger partial charge in [0.2, 0.25) is 0 Å². The van der Waals surface area contributed by atoms with Crippen LogP contribution in [0.25, 0.3) is 0 Å². The Hall–Kier alpha value is -1.22. The standard InChI is InChI=1S/C9H7ClO3/c10-8-7(12)2-1-5-6(11)3-4-13-9(5)8/h1-2,12H,3-4H2. The van der Waals surface area contributed by atoms with Crippen molar-refractivity contribution < 1.29 is 14.6 Å². The Balaban J connectivity index is 2.63. The minimum Gasteiger partial charge on any atom is -0.506 e. The fourth-order valence-corrected chi connectivity index (χ4v) is 1.51. The van der Waals surface area contributed by atoms with Crippen LogP contribution in [0.3, 0.4) is 0 Å². The summed E-state index contributed by atoms with van der Waals surface area (Å²) in [5.41, 5.74) is 0.453. The molecular weight excluding hydrogens is 192 g/mol. The second-order valence-corrected chi connectivity index (χ2v) is 3.17. The second-order valence-electron chi connectivity index (χ2n) is 2.80. The summed E-state index contributed by atoms with van der Waals surface area (Å²) in [6, 6.07) is 2.92. The highest BCUT2D eigenvalue weighted by molar-refractivity contribution is 6.34. The molecule has 1 aromatic carbocycles. The molecule has 0 unspecified atom stereocenters. The van der Waals surface area contributed by atoms with Crippen molar-refractivity contribution in [3.8, 4) is 11.5 Å². The lowest BCUT2D eigenvalue weighted by Gasteiger charge is -2.17. The van der Waals surface area contributed by atoms with Crippen molar-refractivity contribution in [2.24, 2.45) is 0 Å². The normalized spacial score (nSPS) is 15.0. The van der Waals surface area contributed by atoms with Crippen molar-refractivity contribution in [1.82, 2.24) is 0 Å². The zero-order valence-corrected chi connectivity index (χ0v) is 7.47. The Labute approximate surface area is 79.9 Å². The fraction of sp³-hybridized carbons (Fsp3) is 0.222. The number of phenolic OH excluding ortho intramolecular Hbond substituents is 1. The molecule has 0 saturated heterocycles. The molecule has 0 spiro atoms. The van der Waals surface area contributed by atoms with Crippen molar-refractivity contribution in [2.45, 2.75) is 6.42 Å². The van der Waals surface area contributed by atoms with Crippen LogP contribution in [0.1, 0.15) is 16.8 Å². The van der Waals surface area contributed by atoms with E-state index in [1.165, 1.54) is 12.1 Å². The van der Waals surface area contributed by atoms with Crippen LogP contribution < -0.4 is 4.74 Å². The van der Waals surface area contributed by atoms with Gasteiger partial charge in [-0.15, -0.1) is 0 Å². The first-order valence-electron chi connectivity index (χ1n) is 3.87. The summed E-state index contributed by atoms with van der Waals surface area (Å²) in [6.45, 7) is 0.328. The highest BCUT2D eigenvalue weighted by atomic mass is 35.5. The number of fused-ring (bicyclic) bond motifs is 1. The number of aromatic hydroxyl groups is 1. The zero-order valence-electron chi connectivity index (χ0n) is 6.71. The topological polar surface area (TPSA) is 46.5 Å². The van der Waals surface area contributed by atoms with Gasteiger partial charge >= 0.3 is 0 Å². The molecule has 0 aliphatic carbocycles. The highest BCUT2D eigenvalue weighted by Gasteiger charge is 2.22. The van der Waals surface area contributed by atoms with E-state index in [-0.39, 0.29) is 16.6 Å². The number of phenols is 1. The van der Waals surface area contributed by atoms with Gasteiger partial charge in [0.25, 0.3) is 0 Å². The summed E-state index contributed by atoms with van der Waals surface area (Å²) >= 11 is 5.75. The van der Waals surface area contributed by atoms with Crippen LogP contribution in [0.5, 0.6) is 11.5 Å². The number of carbonyl (C=O) groups excluding carboxylic acids is 1. The Bertz CT molecular complexity index is 373.